The molecule has 17 heavy (non-hydrogen) atoms. The van der Waals surface area contributed by atoms with Crippen molar-refractivity contribution in [3.8, 4) is 0 Å². The molecule has 0 heterocycles. The van der Waals surface area contributed by atoms with Crippen LogP contribution in [0.15, 0.2) is 24.3 Å². The van der Waals surface area contributed by atoms with E-state index in [4.69, 9.17) is 17.3 Å². The van der Waals surface area contributed by atoms with Crippen LogP contribution in [0.3, 0.4) is 0 Å². The van der Waals surface area contributed by atoms with Gasteiger partial charge in [0.15, 0.2) is 0 Å². The predicted molar refractivity (Wildman–Crippen MR) is 61.9 cm³/mol. The van der Waals surface area contributed by atoms with E-state index in [9.17, 15) is 13.2 Å². The standard InChI is InChI=1S/C11H14ClF3N2/c1-17(7-11(13,14)15)10(6-16)8-2-4-9(12)5-3-8/h2-5,10H,6-7,16H2,1H3. The number of nitrogens with two attached hydrogens (primary N) is 1. The van der Waals surface area contributed by atoms with Crippen molar-refractivity contribution < 1.29 is 13.2 Å². The second kappa shape index (κ2) is 5.71. The van der Waals surface area contributed by atoms with Crippen LogP contribution in [0.2, 0.25) is 5.02 Å². The number of nitrogens with zero attached hydrogens (tertiary/aromatic N) is 1. The number of hydrogen-bond acceptors (Lipinski definition) is 2. The molecule has 0 amide bonds. The molecule has 0 bridgehead atoms. The third-order valence-electron chi connectivity index (χ3n) is 2.44. The zero-order valence-electron chi connectivity index (χ0n) is 9.34. The lowest BCUT2D eigenvalue weighted by atomic mass is 10.1. The minimum atomic E-state index is -4.23. The Kier molecular flexibility index (Phi) is 4.80. The van der Waals surface area contributed by atoms with E-state index in [1.165, 1.54) is 11.9 Å². The molecule has 0 aliphatic rings. The van der Waals surface area contributed by atoms with E-state index in [1.807, 2.05) is 0 Å². The molecule has 96 valence electrons. The molecule has 0 aliphatic heterocycles. The fourth-order valence-electron chi connectivity index (χ4n) is 1.65. The van der Waals surface area contributed by atoms with Gasteiger partial charge in [-0.15, -0.1) is 0 Å². The van der Waals surface area contributed by atoms with Crippen molar-refractivity contribution in [2.75, 3.05) is 20.1 Å². The fourth-order valence-corrected chi connectivity index (χ4v) is 1.77. The SMILES string of the molecule is CN(CC(F)(F)F)C(CN)c1ccc(Cl)cc1. The zero-order valence-corrected chi connectivity index (χ0v) is 10.1. The third-order valence-corrected chi connectivity index (χ3v) is 2.69. The van der Waals surface area contributed by atoms with E-state index < -0.39 is 18.8 Å². The van der Waals surface area contributed by atoms with Crippen molar-refractivity contribution in [3.05, 3.63) is 34.9 Å². The molecule has 0 aliphatic carbocycles. The van der Waals surface area contributed by atoms with Gasteiger partial charge in [0.2, 0.25) is 0 Å². The summed E-state index contributed by atoms with van der Waals surface area (Å²) in [6.07, 6.45) is -4.23. The molecule has 0 spiro atoms. The first kappa shape index (κ1) is 14.3. The molecule has 0 saturated carbocycles. The summed E-state index contributed by atoms with van der Waals surface area (Å²) in [7, 11) is 1.40. The van der Waals surface area contributed by atoms with Crippen LogP contribution in [0.25, 0.3) is 0 Å². The largest absolute Gasteiger partial charge is 0.401 e. The smallest absolute Gasteiger partial charge is 0.329 e. The Hall–Kier alpha value is -0.780. The Morgan fingerprint density at radius 1 is 1.29 bits per heavy atom. The van der Waals surface area contributed by atoms with E-state index in [1.54, 1.807) is 24.3 Å². The summed E-state index contributed by atoms with van der Waals surface area (Å²) in [5, 5.41) is 0.544. The van der Waals surface area contributed by atoms with E-state index in [2.05, 4.69) is 0 Å². The van der Waals surface area contributed by atoms with Crippen LogP contribution < -0.4 is 5.73 Å². The number of rotatable bonds is 4. The van der Waals surface area contributed by atoms with Crippen molar-refractivity contribution >= 4 is 11.6 Å². The summed E-state index contributed by atoms with van der Waals surface area (Å²) in [5.41, 5.74) is 6.25. The van der Waals surface area contributed by atoms with Crippen LogP contribution in [0.4, 0.5) is 13.2 Å². The first-order valence-electron chi connectivity index (χ1n) is 5.06. The number of hydrogen-bond donors (Lipinski definition) is 1. The number of halogens is 4. The molecule has 0 saturated heterocycles. The Morgan fingerprint density at radius 2 is 1.82 bits per heavy atom. The molecule has 1 aromatic carbocycles. The predicted octanol–water partition coefficient (Wildman–Crippen LogP) is 2.83. The summed E-state index contributed by atoms with van der Waals surface area (Å²) in [5.74, 6) is 0. The van der Waals surface area contributed by atoms with Crippen molar-refractivity contribution in [2.24, 2.45) is 5.73 Å². The monoisotopic (exact) mass is 266 g/mol. The molecular formula is C11H14ClF3N2. The van der Waals surface area contributed by atoms with E-state index in [0.717, 1.165) is 5.56 Å². The van der Waals surface area contributed by atoms with Crippen molar-refractivity contribution in [2.45, 2.75) is 12.2 Å². The summed E-state index contributed by atoms with van der Waals surface area (Å²) >= 11 is 5.72. The van der Waals surface area contributed by atoms with Gasteiger partial charge in [0, 0.05) is 17.6 Å². The number of benzene rings is 1. The first-order valence-corrected chi connectivity index (χ1v) is 5.44. The maximum atomic E-state index is 12.3. The highest BCUT2D eigenvalue weighted by atomic mass is 35.5. The molecule has 2 nitrogen and oxygen atoms in total. The van der Waals surface area contributed by atoms with Gasteiger partial charge in [0.25, 0.3) is 0 Å². The molecule has 0 aromatic heterocycles. The highest BCUT2D eigenvalue weighted by Gasteiger charge is 2.32. The molecule has 0 radical (unpaired) electrons. The van der Waals surface area contributed by atoms with Gasteiger partial charge in [-0.1, -0.05) is 23.7 Å². The lowest BCUT2D eigenvalue weighted by Gasteiger charge is -2.28. The molecule has 1 rings (SSSR count). The third kappa shape index (κ3) is 4.53. The van der Waals surface area contributed by atoms with Crippen LogP contribution in [-0.2, 0) is 0 Å². The van der Waals surface area contributed by atoms with Crippen LogP contribution >= 0.6 is 11.6 Å². The van der Waals surface area contributed by atoms with Gasteiger partial charge in [0.05, 0.1) is 6.54 Å². The summed E-state index contributed by atoms with van der Waals surface area (Å²) in [6.45, 7) is -0.869. The highest BCUT2D eigenvalue weighted by molar-refractivity contribution is 6.30. The molecule has 1 aromatic rings. The van der Waals surface area contributed by atoms with Gasteiger partial charge in [-0.05, 0) is 24.7 Å². The van der Waals surface area contributed by atoms with Gasteiger partial charge in [-0.2, -0.15) is 13.2 Å². The van der Waals surface area contributed by atoms with Crippen LogP contribution in [0, 0.1) is 0 Å². The second-order valence-electron chi connectivity index (χ2n) is 3.83. The van der Waals surface area contributed by atoms with Crippen molar-refractivity contribution in [1.29, 1.82) is 0 Å². The van der Waals surface area contributed by atoms with Gasteiger partial charge in [-0.25, -0.2) is 0 Å². The summed E-state index contributed by atoms with van der Waals surface area (Å²) in [4.78, 5) is 1.18. The quantitative estimate of drug-likeness (QED) is 0.908. The molecular weight excluding hydrogens is 253 g/mol. The van der Waals surface area contributed by atoms with E-state index in [-0.39, 0.29) is 6.54 Å². The normalized spacial score (nSPS) is 14.1. The summed E-state index contributed by atoms with van der Waals surface area (Å²) < 4.78 is 36.8. The Bertz CT molecular complexity index is 351. The molecule has 2 N–H and O–H groups in total. The van der Waals surface area contributed by atoms with Crippen LogP contribution in [0.5, 0.6) is 0 Å². The molecule has 0 fully saturated rings. The van der Waals surface area contributed by atoms with E-state index >= 15 is 0 Å². The maximum absolute atomic E-state index is 12.3. The second-order valence-corrected chi connectivity index (χ2v) is 4.27. The van der Waals surface area contributed by atoms with Crippen LogP contribution in [-0.4, -0.2) is 31.2 Å². The maximum Gasteiger partial charge on any atom is 0.401 e. The molecule has 1 atom stereocenters. The Balaban J connectivity index is 2.80. The van der Waals surface area contributed by atoms with Gasteiger partial charge in [0.1, 0.15) is 0 Å². The summed E-state index contributed by atoms with van der Waals surface area (Å²) in [6, 6.07) is 6.19. The highest BCUT2D eigenvalue weighted by Crippen LogP contribution is 2.24. The topological polar surface area (TPSA) is 29.3 Å². The molecule has 1 unspecified atom stereocenters. The molecule has 6 heteroatoms. The van der Waals surface area contributed by atoms with Gasteiger partial charge in [-0.3, -0.25) is 4.90 Å². The van der Waals surface area contributed by atoms with Gasteiger partial charge < -0.3 is 5.73 Å². The van der Waals surface area contributed by atoms with Crippen molar-refractivity contribution in [3.63, 3.8) is 0 Å². The Morgan fingerprint density at radius 3 is 2.24 bits per heavy atom. The lowest BCUT2D eigenvalue weighted by Crippen LogP contribution is -2.37. The first-order chi connectivity index (χ1) is 7.83. The number of alkyl halides is 3. The van der Waals surface area contributed by atoms with Gasteiger partial charge >= 0.3 is 6.18 Å². The van der Waals surface area contributed by atoms with E-state index in [0.29, 0.717) is 5.02 Å². The Labute approximate surface area is 103 Å². The fraction of sp³-hybridized carbons (Fsp3) is 0.455. The minimum Gasteiger partial charge on any atom is -0.329 e. The minimum absolute atomic E-state index is 0.119. The van der Waals surface area contributed by atoms with Crippen molar-refractivity contribution in [1.82, 2.24) is 4.90 Å². The van der Waals surface area contributed by atoms with Crippen LogP contribution in [0.1, 0.15) is 11.6 Å². The zero-order chi connectivity index (χ0) is 13.1. The average molecular weight is 267 g/mol. The average Bonchev–Trinajstić information content (AvgIpc) is 2.19. The number of likely N-dealkylation sites (N-methyl/N-ethyl adjacent to an activating group) is 1. The lowest BCUT2D eigenvalue weighted by molar-refractivity contribution is -0.147.